The van der Waals surface area contributed by atoms with Gasteiger partial charge in [-0.2, -0.15) is 0 Å². The largest absolute Gasteiger partial charge is 0.495 e. The van der Waals surface area contributed by atoms with Crippen LogP contribution in [0.25, 0.3) is 0 Å². The van der Waals surface area contributed by atoms with Crippen LogP contribution in [0.2, 0.25) is 5.02 Å². The number of carbonyl (C=O) groups is 1. The van der Waals surface area contributed by atoms with E-state index >= 15 is 0 Å². The number of ether oxygens (including phenoxy) is 2. The normalized spacial score (nSPS) is 10.6. The summed E-state index contributed by atoms with van der Waals surface area (Å²) in [5, 5.41) is 6.33. The summed E-state index contributed by atoms with van der Waals surface area (Å²) in [6.45, 7) is 6.43. The first-order valence-corrected chi connectivity index (χ1v) is 8.54. The van der Waals surface area contributed by atoms with E-state index in [9.17, 15) is 4.79 Å². The number of hydrogen-bond donors (Lipinski definition) is 2. The molecule has 0 aliphatic carbocycles. The zero-order valence-electron chi connectivity index (χ0n) is 15.5. The summed E-state index contributed by atoms with van der Waals surface area (Å²) in [5.74, 6) is 1.38. The summed E-state index contributed by atoms with van der Waals surface area (Å²) in [6, 6.07) is 4.96. The van der Waals surface area contributed by atoms with Gasteiger partial charge in [-0.1, -0.05) is 25.4 Å². The smallest absolute Gasteiger partial charge is 0.270 e. The van der Waals surface area contributed by atoms with E-state index in [0.29, 0.717) is 46.1 Å². The molecule has 1 amide bonds. The molecule has 0 saturated carbocycles. The second kappa shape index (κ2) is 8.71. The van der Waals surface area contributed by atoms with Crippen LogP contribution in [0, 0.1) is 12.8 Å². The Balaban J connectivity index is 2.31. The molecule has 0 bridgehead atoms. The minimum atomic E-state index is -0.243. The number of hydrogen-bond acceptors (Lipinski definition) is 6. The summed E-state index contributed by atoms with van der Waals surface area (Å²) in [7, 11) is 3.06. The maximum absolute atomic E-state index is 12.3. The standard InChI is InChI=1S/C18H23ClN4O3/c1-10(2)9-20-17(24)14-6-11(3)21-18(23-14)22-13-8-15(25-4)12(19)7-16(13)26-5/h6-8,10H,9H2,1-5H3,(H,20,24)(H,21,22,23). The van der Waals surface area contributed by atoms with Crippen molar-refractivity contribution in [1.29, 1.82) is 0 Å². The number of amides is 1. The molecule has 7 nitrogen and oxygen atoms in total. The minimum absolute atomic E-state index is 0.243. The number of carbonyl (C=O) groups excluding carboxylic acids is 1. The monoisotopic (exact) mass is 378 g/mol. The number of nitrogens with one attached hydrogen (secondary N) is 2. The van der Waals surface area contributed by atoms with Crippen LogP contribution in [0.15, 0.2) is 18.2 Å². The van der Waals surface area contributed by atoms with Crippen LogP contribution >= 0.6 is 11.6 Å². The highest BCUT2D eigenvalue weighted by molar-refractivity contribution is 6.32. The third-order valence-electron chi connectivity index (χ3n) is 3.48. The Hall–Kier alpha value is -2.54. The molecule has 0 spiro atoms. The number of benzene rings is 1. The van der Waals surface area contributed by atoms with E-state index in [2.05, 4.69) is 20.6 Å². The van der Waals surface area contributed by atoms with Gasteiger partial charge in [0.15, 0.2) is 0 Å². The highest BCUT2D eigenvalue weighted by atomic mass is 35.5. The molecule has 2 N–H and O–H groups in total. The van der Waals surface area contributed by atoms with E-state index in [1.54, 1.807) is 25.1 Å². The van der Waals surface area contributed by atoms with Crippen LogP contribution in [0.5, 0.6) is 11.5 Å². The Morgan fingerprint density at radius 1 is 1.15 bits per heavy atom. The molecule has 0 fully saturated rings. The van der Waals surface area contributed by atoms with E-state index < -0.39 is 0 Å². The highest BCUT2D eigenvalue weighted by Gasteiger charge is 2.14. The molecule has 2 rings (SSSR count). The number of nitrogens with zero attached hydrogens (tertiary/aromatic N) is 2. The van der Waals surface area contributed by atoms with Gasteiger partial charge in [-0.15, -0.1) is 0 Å². The molecule has 140 valence electrons. The number of anilines is 2. The van der Waals surface area contributed by atoms with Gasteiger partial charge >= 0.3 is 0 Å². The van der Waals surface area contributed by atoms with Crippen molar-refractivity contribution in [1.82, 2.24) is 15.3 Å². The molecule has 1 aromatic carbocycles. The van der Waals surface area contributed by atoms with Crippen molar-refractivity contribution >= 4 is 29.1 Å². The van der Waals surface area contributed by atoms with Crippen molar-refractivity contribution in [3.8, 4) is 11.5 Å². The Kier molecular flexibility index (Phi) is 6.63. The quantitative estimate of drug-likeness (QED) is 0.765. The van der Waals surface area contributed by atoms with Gasteiger partial charge in [-0.05, 0) is 18.9 Å². The van der Waals surface area contributed by atoms with Gasteiger partial charge in [-0.25, -0.2) is 9.97 Å². The highest BCUT2D eigenvalue weighted by Crippen LogP contribution is 2.36. The summed E-state index contributed by atoms with van der Waals surface area (Å²) in [4.78, 5) is 20.9. The lowest BCUT2D eigenvalue weighted by Gasteiger charge is -2.14. The maximum Gasteiger partial charge on any atom is 0.270 e. The molecule has 0 aliphatic heterocycles. The maximum atomic E-state index is 12.3. The van der Waals surface area contributed by atoms with Crippen LogP contribution in [-0.4, -0.2) is 36.6 Å². The van der Waals surface area contributed by atoms with Crippen molar-refractivity contribution < 1.29 is 14.3 Å². The second-order valence-corrected chi connectivity index (χ2v) is 6.54. The van der Waals surface area contributed by atoms with Crippen LogP contribution in [-0.2, 0) is 0 Å². The van der Waals surface area contributed by atoms with Gasteiger partial charge in [0.2, 0.25) is 5.95 Å². The average molecular weight is 379 g/mol. The summed E-state index contributed by atoms with van der Waals surface area (Å²) < 4.78 is 10.6. The number of aromatic nitrogens is 2. The molecule has 0 aliphatic rings. The van der Waals surface area contributed by atoms with Crippen molar-refractivity contribution in [2.24, 2.45) is 5.92 Å². The molecule has 0 unspecified atom stereocenters. The first-order chi connectivity index (χ1) is 12.3. The lowest BCUT2D eigenvalue weighted by molar-refractivity contribution is 0.0944. The SMILES string of the molecule is COc1cc(Nc2nc(C)cc(C(=O)NCC(C)C)n2)c(OC)cc1Cl. The first-order valence-electron chi connectivity index (χ1n) is 8.16. The van der Waals surface area contributed by atoms with Crippen LogP contribution in [0.3, 0.4) is 0 Å². The van der Waals surface area contributed by atoms with E-state index in [4.69, 9.17) is 21.1 Å². The predicted molar refractivity (Wildman–Crippen MR) is 102 cm³/mol. The molecule has 0 atom stereocenters. The molecule has 26 heavy (non-hydrogen) atoms. The number of aryl methyl sites for hydroxylation is 1. The molecule has 0 saturated heterocycles. The number of halogens is 1. The average Bonchev–Trinajstić information content (AvgIpc) is 2.60. The van der Waals surface area contributed by atoms with Gasteiger partial charge in [0.05, 0.1) is 24.9 Å². The molecular formula is C18H23ClN4O3. The molecule has 0 radical (unpaired) electrons. The molecular weight excluding hydrogens is 356 g/mol. The fraction of sp³-hybridized carbons (Fsp3) is 0.389. The lowest BCUT2D eigenvalue weighted by Crippen LogP contribution is -2.28. The molecule has 2 aromatic rings. The Morgan fingerprint density at radius 2 is 1.85 bits per heavy atom. The minimum Gasteiger partial charge on any atom is -0.495 e. The van der Waals surface area contributed by atoms with Gasteiger partial charge in [0.25, 0.3) is 5.91 Å². The Labute approximate surface area is 158 Å². The number of methoxy groups -OCH3 is 2. The van der Waals surface area contributed by atoms with Gasteiger partial charge < -0.3 is 20.1 Å². The van der Waals surface area contributed by atoms with E-state index in [1.165, 1.54) is 14.2 Å². The predicted octanol–water partition coefficient (Wildman–Crippen LogP) is 3.59. The van der Waals surface area contributed by atoms with Crippen molar-refractivity contribution in [3.63, 3.8) is 0 Å². The van der Waals surface area contributed by atoms with E-state index in [0.717, 1.165) is 0 Å². The van der Waals surface area contributed by atoms with Crippen LogP contribution < -0.4 is 20.1 Å². The molecule has 1 heterocycles. The zero-order valence-corrected chi connectivity index (χ0v) is 16.3. The molecule has 1 aromatic heterocycles. The lowest BCUT2D eigenvalue weighted by atomic mass is 10.2. The van der Waals surface area contributed by atoms with E-state index in [1.807, 2.05) is 13.8 Å². The zero-order chi connectivity index (χ0) is 19.3. The summed E-state index contributed by atoms with van der Waals surface area (Å²) >= 11 is 6.12. The third-order valence-corrected chi connectivity index (χ3v) is 3.77. The first kappa shape index (κ1) is 19.8. The van der Waals surface area contributed by atoms with Crippen molar-refractivity contribution in [2.45, 2.75) is 20.8 Å². The van der Waals surface area contributed by atoms with Gasteiger partial charge in [0.1, 0.15) is 17.2 Å². The van der Waals surface area contributed by atoms with Gasteiger partial charge in [0, 0.05) is 24.4 Å². The second-order valence-electron chi connectivity index (χ2n) is 6.13. The summed E-state index contributed by atoms with van der Waals surface area (Å²) in [6.07, 6.45) is 0. The van der Waals surface area contributed by atoms with Crippen molar-refractivity contribution in [3.05, 3.63) is 34.6 Å². The van der Waals surface area contributed by atoms with Crippen molar-refractivity contribution in [2.75, 3.05) is 26.1 Å². The summed E-state index contributed by atoms with van der Waals surface area (Å²) in [5.41, 5.74) is 1.53. The van der Waals surface area contributed by atoms with Gasteiger partial charge in [-0.3, -0.25) is 4.79 Å². The fourth-order valence-electron chi connectivity index (χ4n) is 2.21. The Morgan fingerprint density at radius 3 is 2.46 bits per heavy atom. The van der Waals surface area contributed by atoms with Crippen LogP contribution in [0.4, 0.5) is 11.6 Å². The van der Waals surface area contributed by atoms with Crippen LogP contribution in [0.1, 0.15) is 30.0 Å². The Bertz CT molecular complexity index is 796. The topological polar surface area (TPSA) is 85.4 Å². The third kappa shape index (κ3) is 4.98. The number of rotatable bonds is 7. The fourth-order valence-corrected chi connectivity index (χ4v) is 2.44. The van der Waals surface area contributed by atoms with E-state index in [-0.39, 0.29) is 11.9 Å². The molecule has 8 heteroatoms.